The Morgan fingerprint density at radius 1 is 1.29 bits per heavy atom. The molecule has 41 heavy (non-hydrogen) atoms. The first-order valence-corrected chi connectivity index (χ1v) is 14.2. The van der Waals surface area contributed by atoms with Crippen molar-refractivity contribution in [1.29, 1.82) is 0 Å². The summed E-state index contributed by atoms with van der Waals surface area (Å²) in [6.45, 7) is 4.38. The van der Waals surface area contributed by atoms with E-state index in [0.717, 1.165) is 68.2 Å². The molecule has 2 aliphatic heterocycles. The summed E-state index contributed by atoms with van der Waals surface area (Å²) in [4.78, 5) is 32.3. The van der Waals surface area contributed by atoms with Crippen LogP contribution in [0.5, 0.6) is 0 Å². The summed E-state index contributed by atoms with van der Waals surface area (Å²) in [5.41, 5.74) is 0.978. The fourth-order valence-corrected chi connectivity index (χ4v) is 6.74. The van der Waals surface area contributed by atoms with Crippen molar-refractivity contribution >= 4 is 34.5 Å². The van der Waals surface area contributed by atoms with E-state index in [9.17, 15) is 22.8 Å². The number of benzene rings is 1. The van der Waals surface area contributed by atoms with Gasteiger partial charge >= 0.3 is 6.18 Å². The monoisotopic (exact) mass is 590 g/mol. The Kier molecular flexibility index (Phi) is 7.19. The molecule has 9 nitrogen and oxygen atoms in total. The van der Waals surface area contributed by atoms with Crippen molar-refractivity contribution in [1.82, 2.24) is 24.5 Å². The van der Waals surface area contributed by atoms with Crippen LogP contribution in [0.3, 0.4) is 0 Å². The number of ether oxygens (including phenoxy) is 1. The molecule has 1 saturated heterocycles. The lowest BCUT2D eigenvalue weighted by atomic mass is 9.74. The molecule has 6 rings (SSSR count). The molecule has 1 amide bonds. The van der Waals surface area contributed by atoms with Gasteiger partial charge in [-0.05, 0) is 69.0 Å². The van der Waals surface area contributed by atoms with Crippen LogP contribution in [0.25, 0.3) is 11.4 Å². The fraction of sp³-hybridized carbons (Fsp3) is 0.500. The number of amides is 1. The molecule has 0 radical (unpaired) electrons. The molecular weight excluding hydrogens is 561 g/mol. The van der Waals surface area contributed by atoms with E-state index in [2.05, 4.69) is 22.7 Å². The lowest BCUT2D eigenvalue weighted by Gasteiger charge is -2.34. The molecule has 3 aliphatic rings. The Labute approximate surface area is 238 Å². The van der Waals surface area contributed by atoms with Gasteiger partial charge in [-0.3, -0.25) is 9.59 Å². The highest BCUT2D eigenvalue weighted by atomic mass is 35.5. The summed E-state index contributed by atoms with van der Waals surface area (Å²) < 4.78 is 47.8. The SMILES string of the molecule is CCC1CC2(CCNCC2)c2c1n(CC(=O)Nc1ccc(C(F)(F)F)cc1Cl)c1nc(C3=CCOCC3)nn1c2=O. The third-order valence-corrected chi connectivity index (χ3v) is 8.83. The first-order valence-electron chi connectivity index (χ1n) is 13.8. The van der Waals surface area contributed by atoms with Crippen LogP contribution >= 0.6 is 11.6 Å². The van der Waals surface area contributed by atoms with Crippen molar-refractivity contribution in [3.05, 3.63) is 62.3 Å². The Bertz CT molecular complexity index is 1610. The van der Waals surface area contributed by atoms with Crippen LogP contribution in [0.15, 0.2) is 29.1 Å². The number of fused-ring (bicyclic) bond motifs is 3. The minimum Gasteiger partial charge on any atom is -0.377 e. The molecule has 0 bridgehead atoms. The lowest BCUT2D eigenvalue weighted by molar-refractivity contribution is -0.137. The molecule has 4 heterocycles. The number of piperidine rings is 1. The normalized spacial score (nSPS) is 20.3. The standard InChI is InChI=1S/C28H30ClF3N6O3/c1-2-16-14-27(7-9-33-10-8-27)22-23(16)37(15-21(39)34-20-4-3-18(13-19(20)29)28(30,31)32)26-35-24(36-38(26)25(22)40)17-5-11-41-12-6-17/h3-5,13,16,33H,2,6-12,14-15H2,1H3,(H,34,39). The first-order chi connectivity index (χ1) is 19.6. The van der Waals surface area contributed by atoms with Crippen LogP contribution < -0.4 is 16.2 Å². The number of rotatable bonds is 5. The van der Waals surface area contributed by atoms with Crippen molar-refractivity contribution in [2.45, 2.75) is 63.1 Å². The number of hydrogen-bond donors (Lipinski definition) is 2. The maximum Gasteiger partial charge on any atom is 0.416 e. The molecule has 2 N–H and O–H groups in total. The molecule has 0 saturated carbocycles. The highest BCUT2D eigenvalue weighted by Gasteiger charge is 2.48. The molecule has 218 valence electrons. The summed E-state index contributed by atoms with van der Waals surface area (Å²) in [6.07, 6.45) is 1.11. The third-order valence-electron chi connectivity index (χ3n) is 8.52. The van der Waals surface area contributed by atoms with Crippen LogP contribution in [0.2, 0.25) is 5.02 Å². The minimum absolute atomic E-state index is 0.0331. The van der Waals surface area contributed by atoms with Gasteiger partial charge < -0.3 is 19.9 Å². The van der Waals surface area contributed by atoms with E-state index in [1.807, 2.05) is 6.08 Å². The van der Waals surface area contributed by atoms with Crippen molar-refractivity contribution in [2.24, 2.45) is 0 Å². The quantitative estimate of drug-likeness (QED) is 0.453. The van der Waals surface area contributed by atoms with E-state index in [1.54, 1.807) is 4.57 Å². The molecule has 1 fully saturated rings. The molecule has 1 aromatic carbocycles. The minimum atomic E-state index is -4.56. The van der Waals surface area contributed by atoms with Gasteiger partial charge in [0.1, 0.15) is 6.54 Å². The molecule has 1 aliphatic carbocycles. The van der Waals surface area contributed by atoms with E-state index in [1.165, 1.54) is 4.52 Å². The molecular formula is C28H30ClF3N6O3. The molecule has 3 aromatic rings. The van der Waals surface area contributed by atoms with E-state index < -0.39 is 17.6 Å². The summed E-state index contributed by atoms with van der Waals surface area (Å²) >= 11 is 6.11. The maximum atomic E-state index is 14.1. The van der Waals surface area contributed by atoms with Gasteiger partial charge in [-0.25, -0.2) is 0 Å². The van der Waals surface area contributed by atoms with Crippen molar-refractivity contribution in [3.8, 4) is 0 Å². The summed E-state index contributed by atoms with van der Waals surface area (Å²) in [7, 11) is 0. The number of nitrogens with one attached hydrogen (secondary N) is 2. The molecule has 1 atom stereocenters. The second kappa shape index (κ2) is 10.6. The predicted molar refractivity (Wildman–Crippen MR) is 147 cm³/mol. The van der Waals surface area contributed by atoms with Gasteiger partial charge in [-0.15, -0.1) is 5.10 Å². The molecule has 1 spiro atoms. The summed E-state index contributed by atoms with van der Waals surface area (Å²) in [5.74, 6) is 0.205. The third kappa shape index (κ3) is 4.95. The smallest absolute Gasteiger partial charge is 0.377 e. The van der Waals surface area contributed by atoms with Gasteiger partial charge in [-0.2, -0.15) is 22.7 Å². The number of alkyl halides is 3. The summed E-state index contributed by atoms with van der Waals surface area (Å²) in [6, 6.07) is 2.80. The van der Waals surface area contributed by atoms with Gasteiger partial charge in [-0.1, -0.05) is 24.6 Å². The average molecular weight is 591 g/mol. The number of carbonyl (C=O) groups excluding carboxylic acids is 1. The second-order valence-electron chi connectivity index (χ2n) is 10.9. The van der Waals surface area contributed by atoms with Crippen molar-refractivity contribution in [2.75, 3.05) is 31.6 Å². The summed E-state index contributed by atoms with van der Waals surface area (Å²) in [5, 5.41) is 10.4. The Morgan fingerprint density at radius 2 is 2.07 bits per heavy atom. The van der Waals surface area contributed by atoms with Crippen molar-refractivity contribution in [3.63, 3.8) is 0 Å². The van der Waals surface area contributed by atoms with Crippen LogP contribution in [-0.2, 0) is 27.7 Å². The highest BCUT2D eigenvalue weighted by Crippen LogP contribution is 2.50. The average Bonchev–Trinajstić information content (AvgIpc) is 3.53. The van der Waals surface area contributed by atoms with Gasteiger partial charge in [0, 0.05) is 22.6 Å². The molecule has 13 heteroatoms. The number of carbonyl (C=O) groups is 1. The predicted octanol–water partition coefficient (Wildman–Crippen LogP) is 4.52. The zero-order valence-electron chi connectivity index (χ0n) is 22.5. The van der Waals surface area contributed by atoms with Gasteiger partial charge in [0.2, 0.25) is 11.7 Å². The number of anilines is 1. The molecule has 1 unspecified atom stereocenters. The van der Waals surface area contributed by atoms with Crippen LogP contribution in [0.4, 0.5) is 18.9 Å². The number of nitrogens with zero attached hydrogens (tertiary/aromatic N) is 4. The van der Waals surface area contributed by atoms with Crippen LogP contribution in [0.1, 0.15) is 67.6 Å². The maximum absolute atomic E-state index is 14.1. The van der Waals surface area contributed by atoms with E-state index in [-0.39, 0.29) is 39.9 Å². The van der Waals surface area contributed by atoms with Gasteiger partial charge in [0.25, 0.3) is 5.56 Å². The zero-order valence-corrected chi connectivity index (χ0v) is 23.2. The highest BCUT2D eigenvalue weighted by molar-refractivity contribution is 6.33. The molecule has 2 aromatic heterocycles. The first kappa shape index (κ1) is 27.9. The van der Waals surface area contributed by atoms with Crippen LogP contribution in [0, 0.1) is 0 Å². The Hall–Kier alpha value is -3.22. The van der Waals surface area contributed by atoms with Gasteiger partial charge in [0.05, 0.1) is 29.5 Å². The Morgan fingerprint density at radius 3 is 2.73 bits per heavy atom. The van der Waals surface area contributed by atoms with Crippen LogP contribution in [-0.4, -0.2) is 51.4 Å². The fourth-order valence-electron chi connectivity index (χ4n) is 6.51. The van der Waals surface area contributed by atoms with Gasteiger partial charge in [0.15, 0.2) is 5.82 Å². The topological polar surface area (TPSA) is 103 Å². The Balaban J connectivity index is 1.46. The number of hydrogen-bond acceptors (Lipinski definition) is 6. The zero-order chi connectivity index (χ0) is 28.9. The number of halogens is 4. The second-order valence-corrected chi connectivity index (χ2v) is 11.3. The number of aromatic nitrogens is 4. The van der Waals surface area contributed by atoms with Crippen molar-refractivity contribution < 1.29 is 22.7 Å². The lowest BCUT2D eigenvalue weighted by Crippen LogP contribution is -2.42. The largest absolute Gasteiger partial charge is 0.416 e. The van der Waals surface area contributed by atoms with E-state index in [4.69, 9.17) is 21.3 Å². The van der Waals surface area contributed by atoms with E-state index in [0.29, 0.717) is 31.0 Å². The van der Waals surface area contributed by atoms with E-state index >= 15 is 0 Å².